The van der Waals surface area contributed by atoms with Crippen molar-refractivity contribution < 1.29 is 39.3 Å². The number of aliphatic carboxylic acids is 3. The summed E-state index contributed by atoms with van der Waals surface area (Å²) in [4.78, 5) is 29.7. The lowest BCUT2D eigenvalue weighted by atomic mass is 10.2. The van der Waals surface area contributed by atoms with Gasteiger partial charge in [0.15, 0.2) is 0 Å². The van der Waals surface area contributed by atoms with Crippen LogP contribution in [-0.4, -0.2) is 82.7 Å². The smallest absolute Gasteiger partial charge is 0.321 e. The van der Waals surface area contributed by atoms with E-state index in [1.165, 1.54) is 0 Å². The maximum absolute atomic E-state index is 10.1. The molecule has 0 radical (unpaired) electrons. The van der Waals surface area contributed by atoms with Crippen LogP contribution >= 0.6 is 0 Å². The molecule has 0 fully saturated rings. The lowest BCUT2D eigenvalue weighted by Crippen LogP contribution is -2.42. The Labute approximate surface area is 116 Å². The maximum atomic E-state index is 10.1. The number of aliphatic hydroxyl groups excluding tert-OH is 1. The van der Waals surface area contributed by atoms with Gasteiger partial charge in [0, 0.05) is 0 Å². The fourth-order valence-electron chi connectivity index (χ4n) is 1.17. The van der Waals surface area contributed by atoms with Crippen molar-refractivity contribution in [3.05, 3.63) is 0 Å². The number of carbonyl (C=O) groups is 3. The molecule has 0 heterocycles. The summed E-state index contributed by atoms with van der Waals surface area (Å²) in [5.74, 6) is -3.45. The number of quaternary nitrogens is 1. The van der Waals surface area contributed by atoms with E-state index in [0.29, 0.717) is 11.0 Å². The molecule has 0 bridgehead atoms. The molecule has 20 heavy (non-hydrogen) atoms. The number of carboxylic acids is 3. The summed E-state index contributed by atoms with van der Waals surface area (Å²) >= 11 is 0. The van der Waals surface area contributed by atoms with Gasteiger partial charge in [-0.25, -0.2) is 0 Å². The monoisotopic (exact) mass is 295 g/mol. The second-order valence-electron chi connectivity index (χ2n) is 5.27. The zero-order valence-electron chi connectivity index (χ0n) is 11.8. The van der Waals surface area contributed by atoms with E-state index in [1.54, 1.807) is 0 Å². The summed E-state index contributed by atoms with van der Waals surface area (Å²) in [5.41, 5.74) is 4.84. The number of nitrogens with zero attached hydrogens (tertiary/aromatic N) is 1. The molecule has 0 amide bonds. The minimum atomic E-state index is -1.29. The fourth-order valence-corrected chi connectivity index (χ4v) is 1.17. The SMILES string of the molecule is C[N+](C)(C)C[C@H](O)CC(=O)O.NC(CC(=O)O)C(=O)O. The third-order valence-electron chi connectivity index (χ3n) is 1.88. The van der Waals surface area contributed by atoms with Crippen molar-refractivity contribution in [2.24, 2.45) is 5.73 Å². The average molecular weight is 295 g/mol. The molecule has 2 atom stereocenters. The molecule has 0 aliphatic rings. The van der Waals surface area contributed by atoms with Gasteiger partial charge in [0.05, 0.1) is 34.0 Å². The number of hydrogen-bond acceptors (Lipinski definition) is 5. The van der Waals surface area contributed by atoms with Gasteiger partial charge in [-0.3, -0.25) is 14.4 Å². The van der Waals surface area contributed by atoms with E-state index in [0.717, 1.165) is 0 Å². The summed E-state index contributed by atoms with van der Waals surface area (Å²) in [6.07, 6.45) is -1.45. The Balaban J connectivity index is 0. The van der Waals surface area contributed by atoms with Crippen molar-refractivity contribution in [3.8, 4) is 0 Å². The molecule has 0 saturated carbocycles. The van der Waals surface area contributed by atoms with Crippen LogP contribution in [0, 0.1) is 0 Å². The number of hydrogen-bond donors (Lipinski definition) is 5. The highest BCUT2D eigenvalue weighted by Crippen LogP contribution is 1.98. The zero-order chi connectivity index (χ0) is 16.5. The van der Waals surface area contributed by atoms with Crippen molar-refractivity contribution in [2.45, 2.75) is 25.0 Å². The van der Waals surface area contributed by atoms with Crippen LogP contribution in [0.25, 0.3) is 0 Å². The van der Waals surface area contributed by atoms with Crippen molar-refractivity contribution in [1.82, 2.24) is 0 Å². The zero-order valence-corrected chi connectivity index (χ0v) is 11.8. The van der Waals surface area contributed by atoms with Gasteiger partial charge in [-0.1, -0.05) is 0 Å². The highest BCUT2D eigenvalue weighted by molar-refractivity contribution is 5.80. The predicted molar refractivity (Wildman–Crippen MR) is 69.0 cm³/mol. The number of likely N-dealkylation sites (N-methyl/N-ethyl adjacent to an activating group) is 1. The third kappa shape index (κ3) is 16.3. The van der Waals surface area contributed by atoms with Crippen LogP contribution in [-0.2, 0) is 14.4 Å². The highest BCUT2D eigenvalue weighted by atomic mass is 16.4. The molecule has 0 aromatic heterocycles. The van der Waals surface area contributed by atoms with Gasteiger partial charge >= 0.3 is 17.9 Å². The van der Waals surface area contributed by atoms with E-state index in [-0.39, 0.29) is 6.42 Å². The minimum absolute atomic E-state index is 0.171. The normalized spacial score (nSPS) is 13.7. The van der Waals surface area contributed by atoms with Crippen molar-refractivity contribution in [1.29, 1.82) is 0 Å². The Morgan fingerprint density at radius 2 is 1.40 bits per heavy atom. The van der Waals surface area contributed by atoms with E-state index in [1.807, 2.05) is 21.1 Å². The summed E-state index contributed by atoms with van der Waals surface area (Å²) in [6.45, 7) is 0.465. The van der Waals surface area contributed by atoms with Crippen molar-refractivity contribution in [2.75, 3.05) is 27.7 Å². The van der Waals surface area contributed by atoms with E-state index in [4.69, 9.17) is 26.2 Å². The van der Waals surface area contributed by atoms with E-state index >= 15 is 0 Å². The molecule has 0 aromatic rings. The topological polar surface area (TPSA) is 158 Å². The molecule has 0 aliphatic carbocycles. The average Bonchev–Trinajstić information content (AvgIpc) is 2.12. The van der Waals surface area contributed by atoms with Crippen LogP contribution in [0.4, 0.5) is 0 Å². The van der Waals surface area contributed by atoms with E-state index in [2.05, 4.69) is 0 Å². The molecule has 6 N–H and O–H groups in total. The molecule has 9 nitrogen and oxygen atoms in total. The van der Waals surface area contributed by atoms with Gasteiger partial charge in [0.25, 0.3) is 0 Å². The summed E-state index contributed by atoms with van der Waals surface area (Å²) in [7, 11) is 5.72. The molecule has 1 unspecified atom stereocenters. The molecule has 0 aliphatic heterocycles. The van der Waals surface area contributed by atoms with Gasteiger partial charge in [-0.2, -0.15) is 0 Å². The maximum Gasteiger partial charge on any atom is 0.321 e. The first-order chi connectivity index (χ1) is 8.85. The number of rotatable bonds is 7. The van der Waals surface area contributed by atoms with E-state index < -0.39 is 36.5 Å². The number of carboxylic acid groups (broad SMARTS) is 3. The highest BCUT2D eigenvalue weighted by Gasteiger charge is 2.17. The van der Waals surface area contributed by atoms with Crippen molar-refractivity contribution in [3.63, 3.8) is 0 Å². The Morgan fingerprint density at radius 1 is 1.00 bits per heavy atom. The Kier molecular flexibility index (Phi) is 9.51. The third-order valence-corrected chi connectivity index (χ3v) is 1.88. The molecular weight excluding hydrogens is 272 g/mol. The lowest BCUT2D eigenvalue weighted by molar-refractivity contribution is -0.873. The van der Waals surface area contributed by atoms with Crippen LogP contribution in [0.3, 0.4) is 0 Å². The van der Waals surface area contributed by atoms with Crippen LogP contribution in [0.1, 0.15) is 12.8 Å². The first kappa shape index (κ1) is 20.6. The molecule has 118 valence electrons. The van der Waals surface area contributed by atoms with Crippen LogP contribution in [0.15, 0.2) is 0 Å². The molecular formula is C11H23N2O7+. The van der Waals surface area contributed by atoms with Crippen LogP contribution in [0.2, 0.25) is 0 Å². The largest absolute Gasteiger partial charge is 0.481 e. The van der Waals surface area contributed by atoms with Gasteiger partial charge in [0.2, 0.25) is 0 Å². The van der Waals surface area contributed by atoms with Crippen LogP contribution in [0.5, 0.6) is 0 Å². The molecule has 9 heteroatoms. The van der Waals surface area contributed by atoms with Gasteiger partial charge < -0.3 is 30.6 Å². The first-order valence-corrected chi connectivity index (χ1v) is 5.75. The Morgan fingerprint density at radius 3 is 1.60 bits per heavy atom. The first-order valence-electron chi connectivity index (χ1n) is 5.75. The number of aliphatic hydroxyl groups is 1. The second kappa shape index (κ2) is 9.23. The Hall–Kier alpha value is -1.71. The minimum Gasteiger partial charge on any atom is -0.481 e. The summed E-state index contributed by atoms with van der Waals surface area (Å²) in [5, 5.41) is 33.5. The second-order valence-corrected chi connectivity index (χ2v) is 5.27. The van der Waals surface area contributed by atoms with Crippen molar-refractivity contribution >= 4 is 17.9 Å². The quantitative estimate of drug-likeness (QED) is 0.351. The molecule has 0 aromatic carbocycles. The van der Waals surface area contributed by atoms with E-state index in [9.17, 15) is 14.4 Å². The predicted octanol–water partition coefficient (Wildman–Crippen LogP) is -1.60. The number of nitrogens with two attached hydrogens (primary N) is 1. The van der Waals surface area contributed by atoms with Gasteiger partial charge in [0.1, 0.15) is 18.7 Å². The van der Waals surface area contributed by atoms with Crippen LogP contribution < -0.4 is 5.73 Å². The molecule has 0 spiro atoms. The molecule has 0 rings (SSSR count). The standard InChI is InChI=1S/C7H15NO3.C4H7NO4/c1-8(2,3)5-6(9)4-7(10)11;5-2(4(8)9)1-3(6)7/h6,9H,4-5H2,1-3H3;2H,1,5H2,(H,6,7)(H,8,9)/p+1/t6-;/m1./s1. The summed E-state index contributed by atoms with van der Waals surface area (Å²) in [6, 6.07) is -1.29. The van der Waals surface area contributed by atoms with Gasteiger partial charge in [-0.15, -0.1) is 0 Å². The Bertz CT molecular complexity index is 338. The summed E-state index contributed by atoms with van der Waals surface area (Å²) < 4.78 is 0.578. The fraction of sp³-hybridized carbons (Fsp3) is 0.727. The lowest BCUT2D eigenvalue weighted by Gasteiger charge is -2.25. The van der Waals surface area contributed by atoms with Gasteiger partial charge in [-0.05, 0) is 0 Å². The molecule has 0 saturated heterocycles.